The molecule has 3 nitrogen and oxygen atoms in total. The van der Waals surface area contributed by atoms with E-state index < -0.39 is 0 Å². The van der Waals surface area contributed by atoms with Gasteiger partial charge in [0.25, 0.3) is 0 Å². The molecule has 19 heavy (non-hydrogen) atoms. The zero-order valence-corrected chi connectivity index (χ0v) is 13.5. The Hall–Kier alpha value is -1.00. The first-order chi connectivity index (χ1) is 8.99. The van der Waals surface area contributed by atoms with E-state index in [0.29, 0.717) is 16.9 Å². The Morgan fingerprint density at radius 1 is 1.32 bits per heavy atom. The predicted molar refractivity (Wildman–Crippen MR) is 81.3 cm³/mol. The highest BCUT2D eigenvalue weighted by Crippen LogP contribution is 2.29. The lowest BCUT2D eigenvalue weighted by atomic mass is 10.1. The summed E-state index contributed by atoms with van der Waals surface area (Å²) < 4.78 is 0.790. The van der Waals surface area contributed by atoms with Gasteiger partial charge >= 0.3 is 0 Å². The summed E-state index contributed by atoms with van der Waals surface area (Å²) in [5, 5.41) is 0.455. The van der Waals surface area contributed by atoms with E-state index in [2.05, 4.69) is 44.7 Å². The first-order valence-corrected chi connectivity index (χ1v) is 7.29. The summed E-state index contributed by atoms with van der Waals surface area (Å²) >= 11 is 9.66. The van der Waals surface area contributed by atoms with Gasteiger partial charge in [-0.15, -0.1) is 0 Å². The number of rotatable bonds is 3. The highest BCUT2D eigenvalue weighted by molar-refractivity contribution is 9.10. The summed E-state index contributed by atoms with van der Waals surface area (Å²) in [4.78, 5) is 13.1. The number of aromatic nitrogens is 3. The predicted octanol–water partition coefficient (Wildman–Crippen LogP) is 4.46. The zero-order chi connectivity index (χ0) is 14.0. The second kappa shape index (κ2) is 5.97. The van der Waals surface area contributed by atoms with Gasteiger partial charge in [-0.1, -0.05) is 25.4 Å². The van der Waals surface area contributed by atoms with Gasteiger partial charge in [0.1, 0.15) is 5.15 Å². The van der Waals surface area contributed by atoms with E-state index in [1.54, 1.807) is 12.4 Å². The van der Waals surface area contributed by atoms with Crippen LogP contribution in [0.3, 0.4) is 0 Å². The second-order valence-electron chi connectivity index (χ2n) is 4.89. The van der Waals surface area contributed by atoms with Gasteiger partial charge in [0, 0.05) is 18.0 Å². The van der Waals surface area contributed by atoms with Gasteiger partial charge in [0.05, 0.1) is 10.2 Å². The van der Waals surface area contributed by atoms with Gasteiger partial charge in [-0.3, -0.25) is 4.98 Å². The van der Waals surface area contributed by atoms with Gasteiger partial charge in [0.15, 0.2) is 5.82 Å². The minimum absolute atomic E-state index is 0.455. The van der Waals surface area contributed by atoms with Crippen molar-refractivity contribution in [2.45, 2.75) is 27.2 Å². The molecule has 0 radical (unpaired) electrons. The molecule has 0 atom stereocenters. The molecule has 0 aliphatic carbocycles. The van der Waals surface area contributed by atoms with E-state index in [9.17, 15) is 0 Å². The van der Waals surface area contributed by atoms with Crippen LogP contribution in [-0.4, -0.2) is 15.0 Å². The Bertz CT molecular complexity index is 599. The third-order valence-electron chi connectivity index (χ3n) is 2.74. The maximum Gasteiger partial charge on any atom is 0.161 e. The summed E-state index contributed by atoms with van der Waals surface area (Å²) in [6.45, 7) is 6.30. The molecule has 0 fully saturated rings. The van der Waals surface area contributed by atoms with Crippen molar-refractivity contribution in [1.29, 1.82) is 0 Å². The maximum atomic E-state index is 6.19. The van der Waals surface area contributed by atoms with Crippen LogP contribution in [0.4, 0.5) is 0 Å². The van der Waals surface area contributed by atoms with Crippen LogP contribution < -0.4 is 0 Å². The van der Waals surface area contributed by atoms with Crippen molar-refractivity contribution in [3.8, 4) is 11.4 Å². The molecule has 0 bridgehead atoms. The van der Waals surface area contributed by atoms with Crippen LogP contribution >= 0.6 is 27.5 Å². The summed E-state index contributed by atoms with van der Waals surface area (Å²) in [7, 11) is 0. The smallest absolute Gasteiger partial charge is 0.161 e. The van der Waals surface area contributed by atoms with Crippen molar-refractivity contribution in [2.24, 2.45) is 5.92 Å². The number of halogens is 2. The molecule has 0 spiro atoms. The van der Waals surface area contributed by atoms with E-state index in [1.807, 2.05) is 13.0 Å². The van der Waals surface area contributed by atoms with E-state index in [0.717, 1.165) is 27.7 Å². The monoisotopic (exact) mass is 339 g/mol. The van der Waals surface area contributed by atoms with Crippen molar-refractivity contribution >= 4 is 27.5 Å². The minimum Gasteiger partial charge on any atom is -0.264 e. The molecule has 0 N–H and O–H groups in total. The Morgan fingerprint density at radius 2 is 2.05 bits per heavy atom. The molecule has 2 rings (SSSR count). The fourth-order valence-electron chi connectivity index (χ4n) is 1.83. The number of aryl methyl sites for hydroxylation is 1. The SMILES string of the molecule is Cc1cnccc1-c1nc(Cl)c(Br)c(CC(C)C)n1. The van der Waals surface area contributed by atoms with E-state index in [-0.39, 0.29) is 0 Å². The van der Waals surface area contributed by atoms with Crippen LogP contribution in [0.1, 0.15) is 25.1 Å². The number of hydrogen-bond donors (Lipinski definition) is 0. The first-order valence-electron chi connectivity index (χ1n) is 6.12. The number of nitrogens with zero attached hydrogens (tertiary/aromatic N) is 3. The molecule has 0 aliphatic heterocycles. The molecule has 2 aromatic heterocycles. The topological polar surface area (TPSA) is 38.7 Å². The van der Waals surface area contributed by atoms with Gasteiger partial charge in [-0.25, -0.2) is 9.97 Å². The normalized spacial score (nSPS) is 11.1. The van der Waals surface area contributed by atoms with Crippen LogP contribution in [0.5, 0.6) is 0 Å². The second-order valence-corrected chi connectivity index (χ2v) is 6.04. The summed E-state index contributed by atoms with van der Waals surface area (Å²) in [6.07, 6.45) is 4.40. The average Bonchev–Trinajstić information content (AvgIpc) is 2.35. The first kappa shape index (κ1) is 14.4. The fraction of sp³-hybridized carbons (Fsp3) is 0.357. The highest BCUT2D eigenvalue weighted by Gasteiger charge is 2.14. The number of hydrogen-bond acceptors (Lipinski definition) is 3. The summed E-state index contributed by atoms with van der Waals surface area (Å²) in [5.41, 5.74) is 2.95. The van der Waals surface area contributed by atoms with Crippen LogP contribution in [0.15, 0.2) is 22.9 Å². The summed E-state index contributed by atoms with van der Waals surface area (Å²) in [5.74, 6) is 1.16. The fourth-order valence-corrected chi connectivity index (χ4v) is 2.36. The van der Waals surface area contributed by atoms with Crippen molar-refractivity contribution in [2.75, 3.05) is 0 Å². The van der Waals surface area contributed by atoms with E-state index in [1.165, 1.54) is 0 Å². The van der Waals surface area contributed by atoms with Gasteiger partial charge < -0.3 is 0 Å². The highest BCUT2D eigenvalue weighted by atomic mass is 79.9. The summed E-state index contributed by atoms with van der Waals surface area (Å²) in [6, 6.07) is 1.91. The Morgan fingerprint density at radius 3 is 2.68 bits per heavy atom. The molecule has 2 heterocycles. The van der Waals surface area contributed by atoms with Crippen LogP contribution in [0.2, 0.25) is 5.15 Å². The zero-order valence-electron chi connectivity index (χ0n) is 11.1. The lowest BCUT2D eigenvalue weighted by Crippen LogP contribution is -2.03. The largest absolute Gasteiger partial charge is 0.264 e. The molecular weight excluding hydrogens is 326 g/mol. The Balaban J connectivity index is 2.54. The van der Waals surface area contributed by atoms with Gasteiger partial charge in [-0.05, 0) is 46.8 Å². The van der Waals surface area contributed by atoms with Crippen molar-refractivity contribution < 1.29 is 0 Å². The molecule has 0 saturated carbocycles. The lowest BCUT2D eigenvalue weighted by Gasteiger charge is -2.11. The molecule has 0 aromatic carbocycles. The molecule has 100 valence electrons. The molecule has 5 heteroatoms. The van der Waals surface area contributed by atoms with Crippen LogP contribution in [-0.2, 0) is 6.42 Å². The van der Waals surface area contributed by atoms with Crippen LogP contribution in [0, 0.1) is 12.8 Å². The van der Waals surface area contributed by atoms with Gasteiger partial charge in [-0.2, -0.15) is 0 Å². The minimum atomic E-state index is 0.455. The van der Waals surface area contributed by atoms with Gasteiger partial charge in [0.2, 0.25) is 0 Å². The van der Waals surface area contributed by atoms with E-state index in [4.69, 9.17) is 11.6 Å². The van der Waals surface area contributed by atoms with Crippen molar-refractivity contribution in [1.82, 2.24) is 15.0 Å². The van der Waals surface area contributed by atoms with Crippen molar-refractivity contribution in [3.63, 3.8) is 0 Å². The Labute approximate surface area is 126 Å². The molecular formula is C14H15BrClN3. The molecule has 0 unspecified atom stereocenters. The van der Waals surface area contributed by atoms with Crippen molar-refractivity contribution in [3.05, 3.63) is 39.3 Å². The molecule has 0 aliphatic rings. The molecule has 0 saturated heterocycles. The quantitative estimate of drug-likeness (QED) is 0.774. The van der Waals surface area contributed by atoms with E-state index >= 15 is 0 Å². The molecule has 0 amide bonds. The lowest BCUT2D eigenvalue weighted by molar-refractivity contribution is 0.632. The molecule has 2 aromatic rings. The maximum absolute atomic E-state index is 6.19. The standard InChI is InChI=1S/C14H15BrClN3/c1-8(2)6-11-12(15)13(16)19-14(18-11)10-4-5-17-7-9(10)3/h4-5,7-8H,6H2,1-3H3. The van der Waals surface area contributed by atoms with Crippen LogP contribution in [0.25, 0.3) is 11.4 Å². The number of pyridine rings is 1. The average molecular weight is 341 g/mol. The third kappa shape index (κ3) is 3.31. The third-order valence-corrected chi connectivity index (χ3v) is 4.08. The Kier molecular flexibility index (Phi) is 4.53.